The number of hydrogen-bond donors (Lipinski definition) is 0. The molecule has 0 spiro atoms. The quantitative estimate of drug-likeness (QED) is 0.0262. The molecule has 394 valence electrons. The number of esters is 3. The Morgan fingerprint density at radius 3 is 0.838 bits per heavy atom. The zero-order valence-corrected chi connectivity index (χ0v) is 45.1. The molecule has 0 saturated heterocycles. The molecular formula is C62H110O6. The fraction of sp³-hybridized carbons (Fsp3) is 0.790. The third-order valence-corrected chi connectivity index (χ3v) is 12.7. The van der Waals surface area contributed by atoms with E-state index in [0.717, 1.165) is 89.9 Å². The van der Waals surface area contributed by atoms with Crippen molar-refractivity contribution in [1.29, 1.82) is 0 Å². The molecule has 1 unspecified atom stereocenters. The summed E-state index contributed by atoms with van der Waals surface area (Å²) < 4.78 is 16.7. The maximum atomic E-state index is 12.8. The molecule has 0 aromatic heterocycles. The Morgan fingerprint density at radius 2 is 0.529 bits per heavy atom. The van der Waals surface area contributed by atoms with Crippen LogP contribution in [0.2, 0.25) is 0 Å². The summed E-state index contributed by atoms with van der Waals surface area (Å²) in [5.74, 6) is -0.892. The monoisotopic (exact) mass is 951 g/mol. The minimum absolute atomic E-state index is 0.0773. The van der Waals surface area contributed by atoms with Crippen LogP contribution in [-0.2, 0) is 28.6 Å². The number of allylic oxidation sites excluding steroid dienone is 10. The van der Waals surface area contributed by atoms with Crippen molar-refractivity contribution >= 4 is 17.9 Å². The van der Waals surface area contributed by atoms with Crippen LogP contribution in [0.4, 0.5) is 0 Å². The van der Waals surface area contributed by atoms with Crippen molar-refractivity contribution in [3.05, 3.63) is 60.8 Å². The highest BCUT2D eigenvalue weighted by Crippen LogP contribution is 2.16. The summed E-state index contributed by atoms with van der Waals surface area (Å²) in [5.41, 5.74) is 0. The number of ether oxygens (including phenoxy) is 3. The summed E-state index contributed by atoms with van der Waals surface area (Å²) in [6, 6.07) is 0. The molecule has 0 aliphatic carbocycles. The highest BCUT2D eigenvalue weighted by Gasteiger charge is 2.19. The Bertz CT molecular complexity index is 1230. The summed E-state index contributed by atoms with van der Waals surface area (Å²) >= 11 is 0. The van der Waals surface area contributed by atoms with Crippen molar-refractivity contribution in [3.63, 3.8) is 0 Å². The van der Waals surface area contributed by atoms with Gasteiger partial charge >= 0.3 is 17.9 Å². The van der Waals surface area contributed by atoms with Crippen LogP contribution < -0.4 is 0 Å². The Hall–Kier alpha value is -2.89. The van der Waals surface area contributed by atoms with Gasteiger partial charge in [-0.3, -0.25) is 14.4 Å². The van der Waals surface area contributed by atoms with Crippen molar-refractivity contribution in [2.75, 3.05) is 13.2 Å². The number of rotatable bonds is 53. The van der Waals surface area contributed by atoms with Crippen molar-refractivity contribution in [3.8, 4) is 0 Å². The van der Waals surface area contributed by atoms with E-state index < -0.39 is 6.10 Å². The second kappa shape index (κ2) is 56.7. The van der Waals surface area contributed by atoms with Crippen molar-refractivity contribution in [2.45, 2.75) is 303 Å². The molecule has 0 aromatic rings. The van der Waals surface area contributed by atoms with Gasteiger partial charge in [0, 0.05) is 19.3 Å². The first-order chi connectivity index (χ1) is 33.5. The van der Waals surface area contributed by atoms with Crippen LogP contribution >= 0.6 is 0 Å². The van der Waals surface area contributed by atoms with Crippen molar-refractivity contribution < 1.29 is 28.6 Å². The smallest absolute Gasteiger partial charge is 0.306 e. The lowest BCUT2D eigenvalue weighted by atomic mass is 10.0. The number of hydrogen-bond acceptors (Lipinski definition) is 6. The van der Waals surface area contributed by atoms with E-state index in [1.54, 1.807) is 0 Å². The van der Waals surface area contributed by atoms with Gasteiger partial charge in [0.15, 0.2) is 6.10 Å². The molecule has 0 aliphatic rings. The molecule has 0 aliphatic heterocycles. The largest absolute Gasteiger partial charge is 0.462 e. The first-order valence-electron chi connectivity index (χ1n) is 29.3. The Labute approximate surface area is 421 Å². The molecule has 0 N–H and O–H groups in total. The minimum Gasteiger partial charge on any atom is -0.462 e. The normalized spacial score (nSPS) is 12.5. The molecule has 0 amide bonds. The maximum absolute atomic E-state index is 12.8. The first kappa shape index (κ1) is 65.1. The summed E-state index contributed by atoms with van der Waals surface area (Å²) in [7, 11) is 0. The predicted octanol–water partition coefficient (Wildman–Crippen LogP) is 19.6. The molecule has 0 saturated carbocycles. The van der Waals surface area contributed by atoms with Gasteiger partial charge in [0.05, 0.1) is 0 Å². The average molecular weight is 952 g/mol. The molecule has 0 rings (SSSR count). The van der Waals surface area contributed by atoms with Crippen LogP contribution in [0, 0.1) is 0 Å². The number of unbranched alkanes of at least 4 members (excludes halogenated alkanes) is 32. The third-order valence-electron chi connectivity index (χ3n) is 12.7. The van der Waals surface area contributed by atoms with Gasteiger partial charge in [-0.05, 0) is 89.9 Å². The lowest BCUT2D eigenvalue weighted by Gasteiger charge is -2.18. The van der Waals surface area contributed by atoms with Gasteiger partial charge in [-0.2, -0.15) is 0 Å². The van der Waals surface area contributed by atoms with E-state index in [-0.39, 0.29) is 31.1 Å². The summed E-state index contributed by atoms with van der Waals surface area (Å²) in [6.45, 7) is 6.54. The van der Waals surface area contributed by atoms with Gasteiger partial charge in [-0.1, -0.05) is 248 Å². The molecule has 1 atom stereocenters. The van der Waals surface area contributed by atoms with E-state index in [1.165, 1.54) is 167 Å². The minimum atomic E-state index is -0.775. The van der Waals surface area contributed by atoms with E-state index in [2.05, 4.69) is 81.5 Å². The lowest BCUT2D eigenvalue weighted by molar-refractivity contribution is -0.167. The van der Waals surface area contributed by atoms with Crippen LogP contribution in [0.3, 0.4) is 0 Å². The predicted molar refractivity (Wildman–Crippen MR) is 293 cm³/mol. The fourth-order valence-corrected chi connectivity index (χ4v) is 8.30. The van der Waals surface area contributed by atoms with E-state index in [9.17, 15) is 14.4 Å². The van der Waals surface area contributed by atoms with E-state index in [4.69, 9.17) is 14.2 Å². The first-order valence-corrected chi connectivity index (χ1v) is 29.3. The van der Waals surface area contributed by atoms with Gasteiger partial charge in [-0.15, -0.1) is 0 Å². The average Bonchev–Trinajstić information content (AvgIpc) is 3.34. The molecule has 6 heteroatoms. The molecule has 68 heavy (non-hydrogen) atoms. The topological polar surface area (TPSA) is 78.9 Å². The van der Waals surface area contributed by atoms with Gasteiger partial charge < -0.3 is 14.2 Å². The second-order valence-electron chi connectivity index (χ2n) is 19.6. The summed E-state index contributed by atoms with van der Waals surface area (Å²) in [5, 5.41) is 0. The molecule has 0 aromatic carbocycles. The highest BCUT2D eigenvalue weighted by atomic mass is 16.6. The molecule has 6 nitrogen and oxygen atoms in total. The number of carbonyl (C=O) groups is 3. The van der Waals surface area contributed by atoms with E-state index in [0.29, 0.717) is 19.3 Å². The Morgan fingerprint density at radius 1 is 0.294 bits per heavy atom. The van der Waals surface area contributed by atoms with Crippen LogP contribution in [-0.4, -0.2) is 37.2 Å². The van der Waals surface area contributed by atoms with Gasteiger partial charge in [-0.25, -0.2) is 0 Å². The van der Waals surface area contributed by atoms with Crippen molar-refractivity contribution in [1.82, 2.24) is 0 Å². The van der Waals surface area contributed by atoms with Crippen molar-refractivity contribution in [2.24, 2.45) is 0 Å². The number of carbonyl (C=O) groups excluding carboxylic acids is 3. The summed E-state index contributed by atoms with van der Waals surface area (Å²) in [6.07, 6.45) is 71.2. The maximum Gasteiger partial charge on any atom is 0.306 e. The Kier molecular flexibility index (Phi) is 54.3. The second-order valence-corrected chi connectivity index (χ2v) is 19.6. The van der Waals surface area contributed by atoms with Gasteiger partial charge in [0.25, 0.3) is 0 Å². The van der Waals surface area contributed by atoms with E-state index in [1.807, 2.05) is 0 Å². The molecular weight excluding hydrogens is 841 g/mol. The van der Waals surface area contributed by atoms with Crippen LogP contribution in [0.15, 0.2) is 60.8 Å². The SMILES string of the molecule is CCCCCC/C=C\C/C=C\CCCCCCCCCC(=O)OC(COC(=O)CCCCCCC)COC(=O)CCCCCCCCCCCCCC/C=C\C/C=C\C/C=C\CCCCCCC. The Balaban J connectivity index is 4.06. The molecule has 0 radical (unpaired) electrons. The zero-order chi connectivity index (χ0) is 49.3. The third kappa shape index (κ3) is 54.1. The molecule has 0 fully saturated rings. The summed E-state index contributed by atoms with van der Waals surface area (Å²) in [4.78, 5) is 37.8. The van der Waals surface area contributed by atoms with Crippen LogP contribution in [0.25, 0.3) is 0 Å². The standard InChI is InChI=1S/C62H110O6/c1-4-7-10-13-15-17-19-21-23-25-27-28-29-30-31-32-33-34-35-37-38-40-42-44-46-49-52-55-61(64)67-58-59(57-66-60(63)54-51-48-12-9-6-3)68-62(65)56-53-50-47-45-43-41-39-36-26-24-22-20-18-16-14-11-8-5-2/h18-21,24-27,29-30,59H,4-17,22-23,28,31-58H2,1-3H3/b20-18-,21-19-,26-24-,27-25-,30-29-. The van der Waals surface area contributed by atoms with Gasteiger partial charge in [0.1, 0.15) is 13.2 Å². The fourth-order valence-electron chi connectivity index (χ4n) is 8.30. The lowest BCUT2D eigenvalue weighted by Crippen LogP contribution is -2.30. The van der Waals surface area contributed by atoms with E-state index >= 15 is 0 Å². The van der Waals surface area contributed by atoms with Gasteiger partial charge in [0.2, 0.25) is 0 Å². The van der Waals surface area contributed by atoms with Crippen LogP contribution in [0.1, 0.15) is 297 Å². The highest BCUT2D eigenvalue weighted by molar-refractivity contribution is 5.71. The van der Waals surface area contributed by atoms with Crippen LogP contribution in [0.5, 0.6) is 0 Å². The molecule has 0 bridgehead atoms. The zero-order valence-electron chi connectivity index (χ0n) is 45.1. The molecule has 0 heterocycles.